The molecule has 3 aromatic rings. The molecule has 2 amide bonds. The topological polar surface area (TPSA) is 110 Å². The maximum atomic E-state index is 14.1. The maximum Gasteiger partial charge on any atom is 0.410 e. The van der Waals surface area contributed by atoms with Gasteiger partial charge < -0.3 is 29.4 Å². The number of carbonyl (C=O) groups is 3. The molecule has 1 aliphatic heterocycles. The Balaban J connectivity index is 1.74. The van der Waals surface area contributed by atoms with Gasteiger partial charge >= 0.3 is 12.1 Å². The third-order valence-electron chi connectivity index (χ3n) is 6.46. The van der Waals surface area contributed by atoms with E-state index in [0.717, 1.165) is 12.1 Å². The summed E-state index contributed by atoms with van der Waals surface area (Å²) >= 11 is 0. The highest BCUT2D eigenvalue weighted by atomic mass is 19.1. The maximum absolute atomic E-state index is 14.1. The molecule has 0 bridgehead atoms. The van der Waals surface area contributed by atoms with Crippen molar-refractivity contribution in [3.63, 3.8) is 0 Å². The van der Waals surface area contributed by atoms with Gasteiger partial charge in [-0.3, -0.25) is 4.79 Å². The smallest absolute Gasteiger partial charge is 0.410 e. The van der Waals surface area contributed by atoms with Crippen molar-refractivity contribution >= 4 is 18.0 Å². The highest BCUT2D eigenvalue weighted by molar-refractivity contribution is 6.09. The summed E-state index contributed by atoms with van der Waals surface area (Å²) in [6.07, 6.45) is 1.55. The lowest BCUT2D eigenvalue weighted by atomic mass is 10.0. The predicted molar refractivity (Wildman–Crippen MR) is 152 cm³/mol. The summed E-state index contributed by atoms with van der Waals surface area (Å²) in [5, 5.41) is 13.2. The number of ether oxygens (including phenoxy) is 2. The Morgan fingerprint density at radius 3 is 2.14 bits per heavy atom. The number of halogens is 2. The molecule has 0 unspecified atom stereocenters. The zero-order valence-corrected chi connectivity index (χ0v) is 24.5. The molecule has 2 N–H and O–H groups in total. The van der Waals surface area contributed by atoms with Crippen molar-refractivity contribution in [2.75, 3.05) is 13.1 Å². The molecule has 42 heavy (non-hydrogen) atoms. The Hall–Kier alpha value is -4.41. The molecule has 224 valence electrons. The molecular weight excluding hydrogens is 548 g/mol. The lowest BCUT2D eigenvalue weighted by Gasteiger charge is -2.24. The number of nitrogens with zero attached hydrogens (tertiary/aromatic N) is 2. The second-order valence-corrected chi connectivity index (χ2v) is 12.2. The highest BCUT2D eigenvalue weighted by Gasteiger charge is 2.36. The van der Waals surface area contributed by atoms with E-state index in [1.54, 1.807) is 59.9 Å². The van der Waals surface area contributed by atoms with Crippen LogP contribution in [0.25, 0.3) is 11.1 Å². The first-order valence-electron chi connectivity index (χ1n) is 13.5. The quantitative estimate of drug-likeness (QED) is 0.337. The molecule has 1 aliphatic rings. The normalized spacial score (nSPS) is 15.4. The first kappa shape index (κ1) is 30.5. The number of para-hydroxylation sites is 1. The summed E-state index contributed by atoms with van der Waals surface area (Å²) in [6, 6.07) is 9.07. The number of hydrogen-bond donors (Lipinski definition) is 2. The average Bonchev–Trinajstić information content (AvgIpc) is 3.50. The van der Waals surface area contributed by atoms with Crippen LogP contribution in [-0.2, 0) is 4.74 Å². The number of hydrogen-bond acceptors (Lipinski definition) is 5. The van der Waals surface area contributed by atoms with Crippen molar-refractivity contribution in [1.29, 1.82) is 0 Å². The lowest BCUT2D eigenvalue weighted by molar-refractivity contribution is 0.0289. The summed E-state index contributed by atoms with van der Waals surface area (Å²) in [4.78, 5) is 40.4. The van der Waals surface area contributed by atoms with Gasteiger partial charge in [-0.1, -0.05) is 18.2 Å². The summed E-state index contributed by atoms with van der Waals surface area (Å²) in [5.74, 6) is -4.01. The molecule has 0 radical (unpaired) electrons. The van der Waals surface area contributed by atoms with Crippen LogP contribution >= 0.6 is 0 Å². The largest absolute Gasteiger partial charge is 0.477 e. The first-order valence-corrected chi connectivity index (χ1v) is 13.5. The van der Waals surface area contributed by atoms with Gasteiger partial charge in [0.25, 0.3) is 5.91 Å². The van der Waals surface area contributed by atoms with E-state index < -0.39 is 52.5 Å². The number of carboxylic acid groups (broad SMARTS) is 1. The van der Waals surface area contributed by atoms with E-state index in [1.807, 2.05) is 0 Å². The van der Waals surface area contributed by atoms with E-state index in [2.05, 4.69) is 5.32 Å². The minimum absolute atomic E-state index is 0.0399. The van der Waals surface area contributed by atoms with Crippen LogP contribution in [0.1, 0.15) is 74.9 Å². The van der Waals surface area contributed by atoms with E-state index in [-0.39, 0.29) is 23.6 Å². The third-order valence-corrected chi connectivity index (χ3v) is 6.46. The summed E-state index contributed by atoms with van der Waals surface area (Å²) in [6.45, 7) is 11.2. The Morgan fingerprint density at radius 1 is 0.976 bits per heavy atom. The van der Waals surface area contributed by atoms with E-state index >= 15 is 0 Å². The number of likely N-dealkylation sites (tertiary alicyclic amines) is 1. The van der Waals surface area contributed by atoms with Crippen LogP contribution in [0.2, 0.25) is 0 Å². The Bertz CT molecular complexity index is 1480. The molecular formula is C31H35F2N3O6. The van der Waals surface area contributed by atoms with Gasteiger partial charge in [0.15, 0.2) is 17.4 Å². The van der Waals surface area contributed by atoms with Crippen molar-refractivity contribution in [3.8, 4) is 22.6 Å². The van der Waals surface area contributed by atoms with Crippen LogP contribution in [0, 0.1) is 11.6 Å². The van der Waals surface area contributed by atoms with Crippen LogP contribution in [0.5, 0.6) is 11.5 Å². The molecule has 1 aromatic heterocycles. The number of carbonyl (C=O) groups excluding carboxylic acids is 2. The molecule has 1 saturated heterocycles. The molecule has 1 atom stereocenters. The minimum Gasteiger partial charge on any atom is -0.477 e. The second kappa shape index (κ2) is 11.5. The SMILES string of the molecule is CC(C)(C)NC(=O)c1c(-c2ccc(Oc3c(F)cccc3F)cc2)cn([C@@H]2CCN(C(=O)OC(C)(C)C)C2)c1C(=O)O. The van der Waals surface area contributed by atoms with Gasteiger partial charge in [0, 0.05) is 30.4 Å². The first-order chi connectivity index (χ1) is 19.5. The van der Waals surface area contributed by atoms with Gasteiger partial charge in [-0.25, -0.2) is 18.4 Å². The highest BCUT2D eigenvalue weighted by Crippen LogP contribution is 2.36. The fourth-order valence-corrected chi connectivity index (χ4v) is 4.74. The zero-order valence-electron chi connectivity index (χ0n) is 24.5. The van der Waals surface area contributed by atoms with E-state index in [9.17, 15) is 28.3 Å². The van der Waals surface area contributed by atoms with Crippen molar-refractivity contribution in [1.82, 2.24) is 14.8 Å². The third kappa shape index (κ3) is 6.89. The minimum atomic E-state index is -1.30. The van der Waals surface area contributed by atoms with Crippen molar-refractivity contribution in [2.24, 2.45) is 0 Å². The second-order valence-electron chi connectivity index (χ2n) is 12.2. The summed E-state index contributed by atoms with van der Waals surface area (Å²) < 4.78 is 40.6. The average molecular weight is 584 g/mol. The summed E-state index contributed by atoms with van der Waals surface area (Å²) in [5.41, 5.74) is -0.770. The van der Waals surface area contributed by atoms with Crippen molar-refractivity contribution in [3.05, 3.63) is 71.6 Å². The van der Waals surface area contributed by atoms with Crippen molar-refractivity contribution < 1.29 is 37.7 Å². The predicted octanol–water partition coefficient (Wildman–Crippen LogP) is 6.63. The standard InChI is InChI=1S/C31H35F2N3O6/c1-30(2,3)34-27(37)24-21(18-10-12-20(13-11-18)41-26-22(32)8-7-9-23(26)33)17-36(25(24)28(38)39)19-14-15-35(16-19)29(40)42-31(4,5)6/h7-13,17,19H,14-16H2,1-6H3,(H,34,37)(H,38,39)/t19-/m1/s1. The molecule has 11 heteroatoms. The van der Waals surface area contributed by atoms with Crippen LogP contribution in [0.15, 0.2) is 48.7 Å². The molecule has 4 rings (SSSR count). The van der Waals surface area contributed by atoms with Crippen LogP contribution in [0.3, 0.4) is 0 Å². The van der Waals surface area contributed by atoms with Crippen molar-refractivity contribution in [2.45, 2.75) is 65.1 Å². The number of benzene rings is 2. The number of nitrogens with one attached hydrogen (secondary N) is 1. The Labute approximate surface area is 243 Å². The number of amides is 2. The van der Waals surface area contributed by atoms with Gasteiger partial charge in [-0.05, 0) is 77.8 Å². The van der Waals surface area contributed by atoms with Crippen LogP contribution in [-0.4, -0.2) is 56.8 Å². The van der Waals surface area contributed by atoms with Gasteiger partial charge in [-0.15, -0.1) is 0 Å². The molecule has 0 spiro atoms. The zero-order chi connectivity index (χ0) is 31.0. The fourth-order valence-electron chi connectivity index (χ4n) is 4.74. The van der Waals surface area contributed by atoms with E-state index in [1.165, 1.54) is 27.7 Å². The molecule has 0 aliphatic carbocycles. The molecule has 1 fully saturated rings. The molecule has 2 heterocycles. The lowest BCUT2D eigenvalue weighted by Crippen LogP contribution is -2.41. The van der Waals surface area contributed by atoms with Crippen LogP contribution in [0.4, 0.5) is 13.6 Å². The van der Waals surface area contributed by atoms with Gasteiger partial charge in [0.1, 0.15) is 17.0 Å². The monoisotopic (exact) mass is 583 g/mol. The van der Waals surface area contributed by atoms with Gasteiger partial charge in [0.2, 0.25) is 0 Å². The van der Waals surface area contributed by atoms with Gasteiger partial charge in [-0.2, -0.15) is 0 Å². The Kier molecular flexibility index (Phi) is 8.34. The van der Waals surface area contributed by atoms with Gasteiger partial charge in [0.05, 0.1) is 11.6 Å². The number of aromatic carboxylic acids is 1. The number of rotatable bonds is 6. The number of carboxylic acids is 1. The summed E-state index contributed by atoms with van der Waals surface area (Å²) in [7, 11) is 0. The van der Waals surface area contributed by atoms with E-state index in [4.69, 9.17) is 9.47 Å². The molecule has 0 saturated carbocycles. The Morgan fingerprint density at radius 2 is 1.60 bits per heavy atom. The van der Waals surface area contributed by atoms with Crippen LogP contribution < -0.4 is 10.1 Å². The van der Waals surface area contributed by atoms with E-state index in [0.29, 0.717) is 24.1 Å². The molecule has 2 aromatic carbocycles. The molecule has 9 nitrogen and oxygen atoms in total. The fraction of sp³-hybridized carbons (Fsp3) is 0.387. The number of aromatic nitrogens is 1.